The third-order valence-electron chi connectivity index (χ3n) is 4.00. The number of hydrogen-bond donors (Lipinski definition) is 0. The molecule has 0 unspecified atom stereocenters. The van der Waals surface area contributed by atoms with Crippen molar-refractivity contribution < 1.29 is 4.92 Å². The zero-order chi connectivity index (χ0) is 18.0. The first-order valence-electron chi connectivity index (χ1n) is 7.43. The maximum absolute atomic E-state index is 11.2. The van der Waals surface area contributed by atoms with Crippen LogP contribution in [0.15, 0.2) is 59.2 Å². The Hall–Kier alpha value is -3.17. The molecule has 6 nitrogen and oxygen atoms in total. The Kier molecular flexibility index (Phi) is 4.50. The first-order valence-corrected chi connectivity index (χ1v) is 7.81. The van der Waals surface area contributed by atoms with Gasteiger partial charge in [0.1, 0.15) is 0 Å². The number of likely N-dealkylation sites (N-methyl/N-ethyl adjacent to an activating group) is 1. The third-order valence-corrected chi connectivity index (χ3v) is 4.33. The van der Waals surface area contributed by atoms with Crippen molar-refractivity contribution >= 4 is 28.7 Å². The second-order valence-electron chi connectivity index (χ2n) is 5.43. The summed E-state index contributed by atoms with van der Waals surface area (Å²) in [5, 5.41) is 20.7. The predicted octanol–water partition coefficient (Wildman–Crippen LogP) is 3.94. The number of nitrogens with zero attached hydrogens (tertiary/aromatic N) is 4. The number of benzene rings is 2. The Morgan fingerprint density at radius 1 is 1.32 bits per heavy atom. The lowest BCUT2D eigenvalue weighted by Crippen LogP contribution is -2.18. The van der Waals surface area contributed by atoms with Gasteiger partial charge < -0.3 is 4.90 Å². The molecule has 0 spiro atoms. The molecule has 0 N–H and O–H groups in total. The number of aliphatic imine (C=N–C) groups is 1. The van der Waals surface area contributed by atoms with E-state index in [0.717, 1.165) is 5.69 Å². The molecule has 2 aromatic carbocycles. The average Bonchev–Trinajstić information content (AvgIpc) is 2.73. The summed E-state index contributed by atoms with van der Waals surface area (Å²) < 4.78 is 0. The highest BCUT2D eigenvalue weighted by Gasteiger charge is 2.24. The zero-order valence-corrected chi connectivity index (χ0v) is 14.1. The van der Waals surface area contributed by atoms with Crippen LogP contribution in [0.4, 0.5) is 11.4 Å². The molecule has 1 aliphatic rings. The number of nitro groups is 1. The van der Waals surface area contributed by atoms with E-state index in [1.54, 1.807) is 19.2 Å². The van der Waals surface area contributed by atoms with Crippen LogP contribution < -0.4 is 4.90 Å². The normalized spacial score (nSPS) is 15.2. The summed E-state index contributed by atoms with van der Waals surface area (Å²) in [7, 11) is 1.80. The van der Waals surface area contributed by atoms with Crippen LogP contribution >= 0.6 is 11.6 Å². The van der Waals surface area contributed by atoms with Crippen LogP contribution in [-0.4, -0.2) is 24.2 Å². The number of non-ortho nitro benzene ring substituents is 1. The van der Waals surface area contributed by atoms with Gasteiger partial charge in [0, 0.05) is 47.1 Å². The van der Waals surface area contributed by atoms with Crippen LogP contribution in [0.5, 0.6) is 0 Å². The minimum Gasteiger partial charge on any atom is -0.345 e. The molecule has 0 amide bonds. The van der Waals surface area contributed by atoms with Crippen molar-refractivity contribution in [3.05, 3.63) is 80.5 Å². The predicted molar refractivity (Wildman–Crippen MR) is 97.2 cm³/mol. The van der Waals surface area contributed by atoms with Crippen LogP contribution in [0, 0.1) is 21.4 Å². The van der Waals surface area contributed by atoms with E-state index in [0.29, 0.717) is 27.6 Å². The first-order chi connectivity index (χ1) is 12.0. The summed E-state index contributed by atoms with van der Waals surface area (Å²) in [5.74, 6) is 0. The lowest BCUT2D eigenvalue weighted by Gasteiger charge is -2.21. The molecule has 1 heterocycles. The van der Waals surface area contributed by atoms with Crippen molar-refractivity contribution in [1.29, 1.82) is 5.26 Å². The number of benzodiazepines with no additional fused rings is 1. The van der Waals surface area contributed by atoms with Gasteiger partial charge in [-0.1, -0.05) is 29.8 Å². The monoisotopic (exact) mass is 352 g/mol. The maximum atomic E-state index is 11.2. The molecule has 0 radical (unpaired) electrons. The molecule has 2 aromatic rings. The van der Waals surface area contributed by atoms with Gasteiger partial charge in [0.05, 0.1) is 28.9 Å². The number of halogens is 1. The molecule has 0 atom stereocenters. The van der Waals surface area contributed by atoms with Gasteiger partial charge in [0.25, 0.3) is 5.69 Å². The average molecular weight is 353 g/mol. The molecule has 3 rings (SSSR count). The molecule has 0 saturated heterocycles. The molecule has 0 fully saturated rings. The maximum Gasteiger partial charge on any atom is 0.270 e. The molecular formula is C18H13ClN4O2. The van der Waals surface area contributed by atoms with Crippen molar-refractivity contribution in [2.45, 2.75) is 0 Å². The Bertz CT molecular complexity index is 960. The third kappa shape index (κ3) is 3.10. The molecule has 7 heteroatoms. The minimum absolute atomic E-state index is 0.0281. The molecular weight excluding hydrogens is 340 g/mol. The van der Waals surface area contributed by atoms with Crippen LogP contribution in [0.2, 0.25) is 5.02 Å². The zero-order valence-electron chi connectivity index (χ0n) is 13.3. The number of nitriles is 1. The van der Waals surface area contributed by atoms with E-state index in [1.165, 1.54) is 18.2 Å². The van der Waals surface area contributed by atoms with Gasteiger partial charge in [-0.25, -0.2) is 0 Å². The van der Waals surface area contributed by atoms with Crippen LogP contribution in [-0.2, 0) is 0 Å². The SMILES string of the molecule is CN1C(=CC#N)CN=C(c2ccccc2Cl)c2cc([N+](=O)[O-])ccc21. The number of anilines is 1. The van der Waals surface area contributed by atoms with Crippen LogP contribution in [0.25, 0.3) is 0 Å². The highest BCUT2D eigenvalue weighted by Crippen LogP contribution is 2.33. The van der Waals surface area contributed by atoms with Gasteiger partial charge in [0.15, 0.2) is 0 Å². The Morgan fingerprint density at radius 3 is 2.76 bits per heavy atom. The molecule has 0 bridgehead atoms. The summed E-state index contributed by atoms with van der Waals surface area (Å²) >= 11 is 6.32. The van der Waals surface area contributed by atoms with E-state index < -0.39 is 4.92 Å². The standard InChI is InChI=1S/C18H13ClN4O2/c1-22-13(8-9-20)11-21-18(14-4-2-3-5-16(14)19)15-10-12(23(24)25)6-7-17(15)22/h2-8,10H,11H2,1H3. The number of rotatable bonds is 2. The van der Waals surface area contributed by atoms with E-state index in [-0.39, 0.29) is 12.2 Å². The van der Waals surface area contributed by atoms with Crippen molar-refractivity contribution in [2.24, 2.45) is 4.99 Å². The highest BCUT2D eigenvalue weighted by molar-refractivity contribution is 6.36. The topological polar surface area (TPSA) is 82.5 Å². The number of nitro benzene ring substituents is 1. The second kappa shape index (κ2) is 6.75. The molecule has 0 saturated carbocycles. The molecule has 0 aromatic heterocycles. The van der Waals surface area contributed by atoms with Gasteiger partial charge in [-0.15, -0.1) is 0 Å². The van der Waals surface area contributed by atoms with E-state index in [1.807, 2.05) is 29.2 Å². The van der Waals surface area contributed by atoms with Gasteiger partial charge in [0.2, 0.25) is 0 Å². The summed E-state index contributed by atoms with van der Waals surface area (Å²) in [6, 6.07) is 13.8. The van der Waals surface area contributed by atoms with Gasteiger partial charge in [-0.05, 0) is 12.1 Å². The lowest BCUT2D eigenvalue weighted by molar-refractivity contribution is -0.384. The quantitative estimate of drug-likeness (QED) is 0.465. The summed E-state index contributed by atoms with van der Waals surface area (Å²) in [5.41, 5.74) is 3.25. The molecule has 124 valence electrons. The number of hydrogen-bond acceptors (Lipinski definition) is 5. The summed E-state index contributed by atoms with van der Waals surface area (Å²) in [6.45, 7) is 0.271. The van der Waals surface area contributed by atoms with E-state index in [2.05, 4.69) is 4.99 Å². The van der Waals surface area contributed by atoms with E-state index in [4.69, 9.17) is 16.9 Å². The summed E-state index contributed by atoms with van der Waals surface area (Å²) in [6.07, 6.45) is 1.42. The Morgan fingerprint density at radius 2 is 2.08 bits per heavy atom. The van der Waals surface area contributed by atoms with Crippen molar-refractivity contribution in [2.75, 3.05) is 18.5 Å². The van der Waals surface area contributed by atoms with Gasteiger partial charge in [-0.3, -0.25) is 15.1 Å². The lowest BCUT2D eigenvalue weighted by atomic mass is 9.99. The molecule has 25 heavy (non-hydrogen) atoms. The largest absolute Gasteiger partial charge is 0.345 e. The fraction of sp³-hybridized carbons (Fsp3) is 0.111. The van der Waals surface area contributed by atoms with Gasteiger partial charge >= 0.3 is 0 Å². The Labute approximate surface area is 149 Å². The van der Waals surface area contributed by atoms with Crippen molar-refractivity contribution in [3.63, 3.8) is 0 Å². The van der Waals surface area contributed by atoms with Crippen LogP contribution in [0.1, 0.15) is 11.1 Å². The van der Waals surface area contributed by atoms with Crippen molar-refractivity contribution in [3.8, 4) is 6.07 Å². The van der Waals surface area contributed by atoms with Gasteiger partial charge in [-0.2, -0.15) is 5.26 Å². The van der Waals surface area contributed by atoms with E-state index in [9.17, 15) is 10.1 Å². The second-order valence-corrected chi connectivity index (χ2v) is 5.83. The number of allylic oxidation sites excluding steroid dienone is 1. The smallest absolute Gasteiger partial charge is 0.270 e. The van der Waals surface area contributed by atoms with E-state index >= 15 is 0 Å². The van der Waals surface area contributed by atoms with Crippen molar-refractivity contribution in [1.82, 2.24) is 0 Å². The fourth-order valence-corrected chi connectivity index (χ4v) is 2.95. The molecule has 1 aliphatic heterocycles. The summed E-state index contributed by atoms with van der Waals surface area (Å²) in [4.78, 5) is 17.2. The Balaban J connectivity index is 2.29. The molecule has 0 aliphatic carbocycles. The minimum atomic E-state index is -0.443. The van der Waals surface area contributed by atoms with Crippen LogP contribution in [0.3, 0.4) is 0 Å². The highest BCUT2D eigenvalue weighted by atomic mass is 35.5. The number of fused-ring (bicyclic) bond motifs is 1. The fourth-order valence-electron chi connectivity index (χ4n) is 2.73. The first kappa shape index (κ1) is 16.7.